The molecule has 0 saturated carbocycles. The average Bonchev–Trinajstić information content (AvgIpc) is 2.26. The van der Waals surface area contributed by atoms with E-state index in [2.05, 4.69) is 4.98 Å². The van der Waals surface area contributed by atoms with Gasteiger partial charge in [0.05, 0.1) is 17.6 Å². The van der Waals surface area contributed by atoms with Crippen molar-refractivity contribution in [1.29, 1.82) is 0 Å². The van der Waals surface area contributed by atoms with Gasteiger partial charge in [-0.15, -0.1) is 0 Å². The van der Waals surface area contributed by atoms with Crippen molar-refractivity contribution in [3.8, 4) is 5.88 Å². The van der Waals surface area contributed by atoms with Crippen LogP contribution in [0.1, 0.15) is 18.5 Å². The maximum atomic E-state index is 10.9. The molecule has 0 radical (unpaired) electrons. The van der Waals surface area contributed by atoms with Crippen molar-refractivity contribution in [2.24, 2.45) is 0 Å². The number of aromatic nitrogens is 1. The molecule has 6 nitrogen and oxygen atoms in total. The second-order valence-electron chi connectivity index (χ2n) is 3.68. The van der Waals surface area contributed by atoms with E-state index in [0.29, 0.717) is 11.4 Å². The smallest absolute Gasteiger partial charge is 0.292 e. The zero-order valence-corrected chi connectivity index (χ0v) is 9.80. The first-order chi connectivity index (χ1) is 7.47. The van der Waals surface area contributed by atoms with Gasteiger partial charge < -0.3 is 9.64 Å². The summed E-state index contributed by atoms with van der Waals surface area (Å²) in [6.07, 6.45) is 1.23. The number of rotatable bonds is 4. The van der Waals surface area contributed by atoms with Gasteiger partial charge in [-0.3, -0.25) is 10.1 Å². The molecule has 0 aliphatic heterocycles. The molecule has 0 spiro atoms. The van der Waals surface area contributed by atoms with Crippen LogP contribution in [0.4, 0.5) is 5.69 Å². The van der Waals surface area contributed by atoms with Crippen LogP contribution in [0.15, 0.2) is 12.3 Å². The highest BCUT2D eigenvalue weighted by Crippen LogP contribution is 2.29. The molecule has 1 atom stereocenters. The molecule has 0 bridgehead atoms. The van der Waals surface area contributed by atoms with Crippen LogP contribution in [0.2, 0.25) is 0 Å². The van der Waals surface area contributed by atoms with Crippen molar-refractivity contribution in [3.05, 3.63) is 27.9 Å². The van der Waals surface area contributed by atoms with E-state index in [0.717, 1.165) is 0 Å². The second kappa shape index (κ2) is 4.89. The summed E-state index contributed by atoms with van der Waals surface area (Å²) in [6, 6.07) is 1.53. The molecule has 0 aliphatic carbocycles. The van der Waals surface area contributed by atoms with Crippen LogP contribution in [0.3, 0.4) is 0 Å². The summed E-state index contributed by atoms with van der Waals surface area (Å²) < 4.78 is 4.97. The molecule has 1 aromatic rings. The number of pyridine rings is 1. The van der Waals surface area contributed by atoms with E-state index in [1.165, 1.54) is 13.3 Å². The summed E-state index contributed by atoms with van der Waals surface area (Å²) in [4.78, 5) is 16.2. The predicted molar refractivity (Wildman–Crippen MR) is 59.5 cm³/mol. The number of methoxy groups -OCH3 is 1. The van der Waals surface area contributed by atoms with Crippen molar-refractivity contribution in [1.82, 2.24) is 9.88 Å². The molecule has 6 heteroatoms. The Kier molecular flexibility index (Phi) is 3.78. The van der Waals surface area contributed by atoms with Gasteiger partial charge in [0.25, 0.3) is 5.69 Å². The number of nitro groups is 1. The van der Waals surface area contributed by atoms with Crippen LogP contribution in [-0.4, -0.2) is 36.0 Å². The third-order valence-electron chi connectivity index (χ3n) is 2.52. The Morgan fingerprint density at radius 3 is 2.62 bits per heavy atom. The molecule has 16 heavy (non-hydrogen) atoms. The van der Waals surface area contributed by atoms with E-state index in [1.807, 2.05) is 25.9 Å². The summed E-state index contributed by atoms with van der Waals surface area (Å²) in [7, 11) is 5.21. The Bertz CT molecular complexity index is 393. The Morgan fingerprint density at radius 2 is 2.19 bits per heavy atom. The average molecular weight is 225 g/mol. The number of hydrogen-bond donors (Lipinski definition) is 0. The van der Waals surface area contributed by atoms with Gasteiger partial charge in [-0.05, 0) is 21.0 Å². The van der Waals surface area contributed by atoms with Crippen molar-refractivity contribution >= 4 is 5.69 Å². The molecule has 0 fully saturated rings. The number of hydrogen-bond acceptors (Lipinski definition) is 5. The molecule has 1 unspecified atom stereocenters. The Labute approximate surface area is 94.0 Å². The Balaban J connectivity index is 3.25. The first-order valence-electron chi connectivity index (χ1n) is 4.82. The lowest BCUT2D eigenvalue weighted by atomic mass is 10.1. The van der Waals surface area contributed by atoms with E-state index < -0.39 is 4.92 Å². The molecule has 0 aliphatic rings. The Hall–Kier alpha value is -1.69. The molecule has 0 saturated heterocycles. The van der Waals surface area contributed by atoms with E-state index in [1.54, 1.807) is 6.07 Å². The minimum Gasteiger partial charge on any atom is -0.481 e. The fraction of sp³-hybridized carbons (Fsp3) is 0.500. The normalized spacial score (nSPS) is 12.6. The van der Waals surface area contributed by atoms with Crippen molar-refractivity contribution in [3.63, 3.8) is 0 Å². The van der Waals surface area contributed by atoms with Gasteiger partial charge in [0.1, 0.15) is 6.20 Å². The summed E-state index contributed by atoms with van der Waals surface area (Å²) in [6.45, 7) is 1.89. The van der Waals surface area contributed by atoms with Crippen molar-refractivity contribution < 1.29 is 9.66 Å². The fourth-order valence-corrected chi connectivity index (χ4v) is 1.32. The van der Waals surface area contributed by atoms with Gasteiger partial charge in [-0.25, -0.2) is 4.98 Å². The minimum absolute atomic E-state index is 0.0157. The quantitative estimate of drug-likeness (QED) is 0.575. The molecule has 1 aromatic heterocycles. The van der Waals surface area contributed by atoms with E-state index in [9.17, 15) is 10.1 Å². The molecule has 1 rings (SSSR count). The maximum absolute atomic E-state index is 10.9. The van der Waals surface area contributed by atoms with Crippen LogP contribution in [0.25, 0.3) is 0 Å². The maximum Gasteiger partial charge on any atom is 0.292 e. The van der Waals surface area contributed by atoms with Gasteiger partial charge >= 0.3 is 0 Å². The van der Waals surface area contributed by atoms with Crippen molar-refractivity contribution in [2.75, 3.05) is 21.2 Å². The van der Waals surface area contributed by atoms with Crippen LogP contribution < -0.4 is 4.74 Å². The van der Waals surface area contributed by atoms with Crippen LogP contribution in [0.5, 0.6) is 5.88 Å². The lowest BCUT2D eigenvalue weighted by Gasteiger charge is -2.19. The standard InChI is InChI=1S/C10H15N3O3/c1-7(12(2)3)8-5-10(16-4)11-6-9(8)13(14)15/h5-7H,1-4H3. The van der Waals surface area contributed by atoms with Gasteiger partial charge in [0.2, 0.25) is 5.88 Å². The summed E-state index contributed by atoms with van der Waals surface area (Å²) in [5.74, 6) is 0.384. The van der Waals surface area contributed by atoms with E-state index in [4.69, 9.17) is 4.74 Å². The molecular weight excluding hydrogens is 210 g/mol. The number of ether oxygens (including phenoxy) is 1. The second-order valence-corrected chi connectivity index (χ2v) is 3.68. The summed E-state index contributed by atoms with van der Waals surface area (Å²) in [5.41, 5.74) is 0.615. The predicted octanol–water partition coefficient (Wildman–Crippen LogP) is 1.62. The van der Waals surface area contributed by atoms with Gasteiger partial charge in [-0.2, -0.15) is 0 Å². The monoisotopic (exact) mass is 225 g/mol. The third-order valence-corrected chi connectivity index (χ3v) is 2.52. The lowest BCUT2D eigenvalue weighted by molar-refractivity contribution is -0.386. The molecule has 0 N–H and O–H groups in total. The highest BCUT2D eigenvalue weighted by Gasteiger charge is 2.21. The zero-order chi connectivity index (χ0) is 12.3. The first kappa shape index (κ1) is 12.4. The topological polar surface area (TPSA) is 68.5 Å². The fourth-order valence-electron chi connectivity index (χ4n) is 1.32. The van der Waals surface area contributed by atoms with E-state index >= 15 is 0 Å². The third kappa shape index (κ3) is 2.46. The molecule has 1 heterocycles. The zero-order valence-electron chi connectivity index (χ0n) is 9.80. The molecule has 0 amide bonds. The van der Waals surface area contributed by atoms with Crippen LogP contribution in [0, 0.1) is 10.1 Å². The van der Waals surface area contributed by atoms with E-state index in [-0.39, 0.29) is 11.7 Å². The minimum atomic E-state index is -0.429. The summed E-state index contributed by atoms with van der Waals surface area (Å²) >= 11 is 0. The first-order valence-corrected chi connectivity index (χ1v) is 4.82. The molecule has 0 aromatic carbocycles. The highest BCUT2D eigenvalue weighted by atomic mass is 16.6. The summed E-state index contributed by atoms with van der Waals surface area (Å²) in [5, 5.41) is 10.9. The van der Waals surface area contributed by atoms with Gasteiger partial charge in [0, 0.05) is 12.1 Å². The van der Waals surface area contributed by atoms with Crippen LogP contribution >= 0.6 is 0 Å². The molecular formula is C10H15N3O3. The highest BCUT2D eigenvalue weighted by molar-refractivity contribution is 5.42. The number of nitrogens with zero attached hydrogens (tertiary/aromatic N) is 3. The SMILES string of the molecule is COc1cc(C(C)N(C)C)c([N+](=O)[O-])cn1. The largest absolute Gasteiger partial charge is 0.481 e. The van der Waals surface area contributed by atoms with Crippen molar-refractivity contribution in [2.45, 2.75) is 13.0 Å². The Morgan fingerprint density at radius 1 is 1.56 bits per heavy atom. The van der Waals surface area contributed by atoms with Gasteiger partial charge in [0.15, 0.2) is 0 Å². The lowest BCUT2D eigenvalue weighted by Crippen LogP contribution is -2.18. The van der Waals surface area contributed by atoms with Crippen LogP contribution in [-0.2, 0) is 0 Å². The molecule has 88 valence electrons. The van der Waals surface area contributed by atoms with Gasteiger partial charge in [-0.1, -0.05) is 0 Å².